The second-order valence-corrected chi connectivity index (χ2v) is 12.3. The number of ketones is 1. The van der Waals surface area contributed by atoms with Gasteiger partial charge in [-0.3, -0.25) is 19.2 Å². The van der Waals surface area contributed by atoms with Crippen LogP contribution >= 0.6 is 0 Å². The monoisotopic (exact) mass is 512 g/mol. The van der Waals surface area contributed by atoms with Gasteiger partial charge in [0.05, 0.1) is 43.8 Å². The highest BCUT2D eigenvalue weighted by molar-refractivity contribution is 5.94. The zero-order chi connectivity index (χ0) is 26.9. The van der Waals surface area contributed by atoms with Gasteiger partial charge in [-0.1, -0.05) is 31.9 Å². The van der Waals surface area contributed by atoms with Crippen LogP contribution < -0.4 is 0 Å². The van der Waals surface area contributed by atoms with Crippen LogP contribution in [-0.4, -0.2) is 36.9 Å². The number of hydrogen-bond acceptors (Lipinski definition) is 8. The van der Waals surface area contributed by atoms with E-state index in [4.69, 9.17) is 18.6 Å². The van der Waals surface area contributed by atoms with Gasteiger partial charge in [-0.15, -0.1) is 0 Å². The molecule has 2 fully saturated rings. The first-order valence-corrected chi connectivity index (χ1v) is 13.1. The molecule has 5 rings (SSSR count). The number of carbonyl (C=O) groups is 4. The summed E-state index contributed by atoms with van der Waals surface area (Å²) in [6, 6.07) is 1.83. The SMILES string of the molecule is COC(=O)C[C@H]1C(C)(C)[C@H](OC(C)=O)[C@@H]2CC3=C(CC[C@]4(C)[C@H]3CC(=O)O[C@H]4c3ccoc3)[C@@]1(C)C2=O. The molecule has 4 aliphatic rings. The summed E-state index contributed by atoms with van der Waals surface area (Å²) in [6.07, 6.45) is 4.15. The van der Waals surface area contributed by atoms with Gasteiger partial charge in [0, 0.05) is 23.3 Å². The molecule has 7 atom stereocenters. The summed E-state index contributed by atoms with van der Waals surface area (Å²) in [7, 11) is 1.34. The highest BCUT2D eigenvalue weighted by atomic mass is 16.6. The van der Waals surface area contributed by atoms with Crippen molar-refractivity contribution in [3.63, 3.8) is 0 Å². The van der Waals surface area contributed by atoms with Gasteiger partial charge in [-0.2, -0.15) is 0 Å². The van der Waals surface area contributed by atoms with E-state index < -0.39 is 46.8 Å². The maximum absolute atomic E-state index is 14.2. The predicted octanol–water partition coefficient (Wildman–Crippen LogP) is 4.73. The molecule has 2 bridgehead atoms. The molecule has 3 aliphatic carbocycles. The molecule has 8 nitrogen and oxygen atoms in total. The number of allylic oxidation sites excluding steroid dienone is 2. The van der Waals surface area contributed by atoms with Crippen LogP contribution in [0.15, 0.2) is 34.2 Å². The molecule has 0 aromatic carbocycles. The molecule has 1 aromatic heterocycles. The molecule has 1 saturated carbocycles. The van der Waals surface area contributed by atoms with E-state index >= 15 is 0 Å². The quantitative estimate of drug-likeness (QED) is 0.324. The van der Waals surface area contributed by atoms with Gasteiger partial charge in [0.15, 0.2) is 0 Å². The summed E-state index contributed by atoms with van der Waals surface area (Å²) in [5.74, 6) is -2.25. The van der Waals surface area contributed by atoms with Gasteiger partial charge in [0.1, 0.15) is 18.0 Å². The lowest BCUT2D eigenvalue weighted by Gasteiger charge is -2.62. The lowest BCUT2D eigenvalue weighted by atomic mass is 9.42. The number of esters is 3. The zero-order valence-electron chi connectivity index (χ0n) is 22.4. The molecular formula is C29H36O8. The summed E-state index contributed by atoms with van der Waals surface area (Å²) in [6.45, 7) is 9.42. The summed E-state index contributed by atoms with van der Waals surface area (Å²) >= 11 is 0. The fraction of sp³-hybridized carbons (Fsp3) is 0.655. The minimum atomic E-state index is -0.930. The number of Topliss-reactive ketones (excluding diaryl/α,β-unsaturated/α-hetero) is 1. The normalized spacial score (nSPS) is 38.3. The second kappa shape index (κ2) is 8.57. The third-order valence-electron chi connectivity index (χ3n) is 10.1. The fourth-order valence-corrected chi connectivity index (χ4v) is 8.30. The molecule has 1 aromatic rings. The van der Waals surface area contributed by atoms with Gasteiger partial charge < -0.3 is 18.6 Å². The number of rotatable bonds is 4. The first kappa shape index (κ1) is 25.7. The number of cyclic esters (lactones) is 1. The topological polar surface area (TPSA) is 109 Å². The lowest BCUT2D eigenvalue weighted by molar-refractivity contribution is -0.189. The van der Waals surface area contributed by atoms with Gasteiger partial charge in [-0.05, 0) is 44.1 Å². The number of ether oxygens (including phenoxy) is 3. The maximum atomic E-state index is 14.2. The first-order valence-electron chi connectivity index (χ1n) is 13.1. The van der Waals surface area contributed by atoms with Crippen molar-refractivity contribution in [3.8, 4) is 0 Å². The Morgan fingerprint density at radius 3 is 2.49 bits per heavy atom. The highest BCUT2D eigenvalue weighted by Gasteiger charge is 2.67. The second-order valence-electron chi connectivity index (χ2n) is 12.3. The molecule has 1 aliphatic heterocycles. The summed E-state index contributed by atoms with van der Waals surface area (Å²) < 4.78 is 22.1. The summed E-state index contributed by atoms with van der Waals surface area (Å²) in [5, 5.41) is 0. The molecule has 0 amide bonds. The van der Waals surface area contributed by atoms with E-state index in [1.165, 1.54) is 14.0 Å². The zero-order valence-corrected chi connectivity index (χ0v) is 22.4. The number of fused-ring (bicyclic) bond motifs is 5. The Labute approximate surface area is 217 Å². The van der Waals surface area contributed by atoms with Crippen molar-refractivity contribution in [1.82, 2.24) is 0 Å². The largest absolute Gasteiger partial charge is 0.472 e. The van der Waals surface area contributed by atoms with Crippen LogP contribution in [0.25, 0.3) is 0 Å². The van der Waals surface area contributed by atoms with Crippen LogP contribution in [-0.2, 0) is 33.4 Å². The third-order valence-corrected chi connectivity index (χ3v) is 10.1. The molecule has 0 spiro atoms. The molecule has 0 radical (unpaired) electrons. The average Bonchev–Trinajstić information content (AvgIpc) is 3.36. The smallest absolute Gasteiger partial charge is 0.307 e. The summed E-state index contributed by atoms with van der Waals surface area (Å²) in [4.78, 5) is 52.0. The van der Waals surface area contributed by atoms with Crippen molar-refractivity contribution < 1.29 is 37.8 Å². The van der Waals surface area contributed by atoms with Crippen LogP contribution in [0.2, 0.25) is 0 Å². The van der Waals surface area contributed by atoms with Crippen molar-refractivity contribution >= 4 is 23.7 Å². The Balaban J connectivity index is 1.67. The Bertz CT molecular complexity index is 1180. The van der Waals surface area contributed by atoms with Gasteiger partial charge in [0.25, 0.3) is 0 Å². The van der Waals surface area contributed by atoms with Crippen LogP contribution in [0.3, 0.4) is 0 Å². The Morgan fingerprint density at radius 2 is 1.86 bits per heavy atom. The minimum Gasteiger partial charge on any atom is -0.472 e. The van der Waals surface area contributed by atoms with E-state index in [1.54, 1.807) is 12.5 Å². The van der Waals surface area contributed by atoms with E-state index in [9.17, 15) is 19.2 Å². The number of carbonyl (C=O) groups excluding carboxylic acids is 4. The van der Waals surface area contributed by atoms with E-state index in [0.717, 1.165) is 23.1 Å². The molecule has 37 heavy (non-hydrogen) atoms. The Kier molecular flexibility index (Phi) is 5.96. The number of furan rings is 1. The van der Waals surface area contributed by atoms with Crippen LogP contribution in [0, 0.1) is 34.0 Å². The van der Waals surface area contributed by atoms with Crippen LogP contribution in [0.5, 0.6) is 0 Å². The molecule has 0 unspecified atom stereocenters. The third kappa shape index (κ3) is 3.62. The summed E-state index contributed by atoms with van der Waals surface area (Å²) in [5.41, 5.74) is 0.989. The number of hydrogen-bond donors (Lipinski definition) is 0. The van der Waals surface area contributed by atoms with Crippen molar-refractivity contribution in [2.75, 3.05) is 7.11 Å². The molecule has 8 heteroatoms. The molecule has 1 saturated heterocycles. The van der Waals surface area contributed by atoms with Gasteiger partial charge in [0.2, 0.25) is 0 Å². The highest BCUT2D eigenvalue weighted by Crippen LogP contribution is 2.67. The minimum absolute atomic E-state index is 0.0131. The van der Waals surface area contributed by atoms with Crippen molar-refractivity contribution in [1.29, 1.82) is 0 Å². The number of methoxy groups -OCH3 is 1. The van der Waals surface area contributed by atoms with Crippen molar-refractivity contribution in [2.45, 2.75) is 78.9 Å². The molecule has 2 heterocycles. The molecular weight excluding hydrogens is 476 g/mol. The van der Waals surface area contributed by atoms with Crippen LogP contribution in [0.4, 0.5) is 0 Å². The van der Waals surface area contributed by atoms with Crippen molar-refractivity contribution in [3.05, 3.63) is 35.3 Å². The standard InChI is InChI=1S/C29H36O8/c1-15(30)36-26-18-11-17-19(29(5,24(18)33)21(27(26,2)3)13-22(31)34-6)7-9-28(4)20(17)12-23(32)37-25(28)16-8-10-35-14-16/h8,10,14,18,20-21,25-26H,7,9,11-13H2,1-6H3/t18-,20+,21+,25+,26-,28-,29-/m1/s1. The lowest BCUT2D eigenvalue weighted by Crippen LogP contribution is -2.64. The fourth-order valence-electron chi connectivity index (χ4n) is 8.30. The van der Waals surface area contributed by atoms with E-state index in [2.05, 4.69) is 6.92 Å². The maximum Gasteiger partial charge on any atom is 0.307 e. The molecule has 200 valence electrons. The van der Waals surface area contributed by atoms with E-state index in [0.29, 0.717) is 12.8 Å². The van der Waals surface area contributed by atoms with Gasteiger partial charge >= 0.3 is 17.9 Å². The predicted molar refractivity (Wildman–Crippen MR) is 131 cm³/mol. The van der Waals surface area contributed by atoms with Crippen LogP contribution in [0.1, 0.15) is 78.4 Å². The first-order chi connectivity index (χ1) is 17.4. The van der Waals surface area contributed by atoms with E-state index in [1.807, 2.05) is 26.8 Å². The molecule has 0 N–H and O–H groups in total. The average molecular weight is 513 g/mol. The van der Waals surface area contributed by atoms with Crippen molar-refractivity contribution in [2.24, 2.45) is 34.0 Å². The van der Waals surface area contributed by atoms with Gasteiger partial charge in [-0.25, -0.2) is 0 Å². The Morgan fingerprint density at radius 1 is 1.14 bits per heavy atom. The Hall–Kier alpha value is -2.90. The van der Waals surface area contributed by atoms with E-state index in [-0.39, 0.29) is 35.9 Å².